The van der Waals surface area contributed by atoms with E-state index in [0.717, 1.165) is 18.2 Å². The third-order valence-corrected chi connectivity index (χ3v) is 5.98. The van der Waals surface area contributed by atoms with Crippen LogP contribution in [0.4, 0.5) is 26.3 Å². The minimum atomic E-state index is -4.82. The molecule has 1 unspecified atom stereocenters. The number of aliphatic hydroxyl groups is 1. The number of rotatable bonds is 5. The van der Waals surface area contributed by atoms with Crippen LogP contribution in [0, 0.1) is 0 Å². The van der Waals surface area contributed by atoms with E-state index in [0.29, 0.717) is 4.47 Å². The summed E-state index contributed by atoms with van der Waals surface area (Å²) in [5.41, 5.74) is 0.389. The van der Waals surface area contributed by atoms with E-state index in [2.05, 4.69) is 25.4 Å². The minimum Gasteiger partial charge on any atom is -0.406 e. The summed E-state index contributed by atoms with van der Waals surface area (Å²) in [6.45, 7) is 0. The third-order valence-electron chi connectivity index (χ3n) is 4.05. The molecule has 0 bridgehead atoms. The summed E-state index contributed by atoms with van der Waals surface area (Å²) in [7, 11) is -4.09. The Hall–Kier alpha value is -2.52. The van der Waals surface area contributed by atoms with Crippen molar-refractivity contribution in [2.45, 2.75) is 23.7 Å². The fourth-order valence-electron chi connectivity index (χ4n) is 2.59. The first kappa shape index (κ1) is 29.7. The molecule has 0 aromatic heterocycles. The van der Waals surface area contributed by atoms with Gasteiger partial charge < -0.3 is 14.6 Å². The number of benzene rings is 3. The summed E-state index contributed by atoms with van der Waals surface area (Å²) >= 11 is 8.84. The Bertz CT molecular complexity index is 1270. The van der Waals surface area contributed by atoms with Gasteiger partial charge in [0, 0.05) is 4.47 Å². The number of primary sulfonamides is 1. The highest BCUT2D eigenvalue weighted by atomic mass is 79.9. The van der Waals surface area contributed by atoms with Crippen LogP contribution in [0.1, 0.15) is 17.2 Å². The molecular formula is C21H15BrClF6NO5S. The maximum absolute atomic E-state index is 12.1. The van der Waals surface area contributed by atoms with E-state index in [4.69, 9.17) is 16.7 Å². The molecule has 0 saturated carbocycles. The summed E-state index contributed by atoms with van der Waals surface area (Å²) in [6, 6.07) is 13.6. The number of alkyl halides is 6. The molecule has 0 amide bonds. The standard InChI is InChI=1S/C14H11ClF3NO4S.C7H4BrF3O/c15-11-6-3-9(7-12(11)24(19,21)22)13(20)8-1-4-10(5-2-8)23-14(16,17)18;8-5-1-3-6(4-2-5)12-7(9,10)11/h1-7,13,20H,(H2,19,21,22);1-4H. The van der Waals surface area contributed by atoms with Crippen molar-refractivity contribution >= 4 is 37.6 Å². The van der Waals surface area contributed by atoms with Gasteiger partial charge in [0.1, 0.15) is 22.5 Å². The van der Waals surface area contributed by atoms with Gasteiger partial charge in [0.2, 0.25) is 10.0 Å². The van der Waals surface area contributed by atoms with Crippen LogP contribution >= 0.6 is 27.5 Å². The summed E-state index contributed by atoms with van der Waals surface area (Å²) in [6.07, 6.45) is -10.7. The number of nitrogens with two attached hydrogens (primary N) is 1. The second-order valence-corrected chi connectivity index (χ2v) is 9.61. The number of aliphatic hydroxyl groups excluding tert-OH is 1. The van der Waals surface area contributed by atoms with Crippen molar-refractivity contribution in [1.29, 1.82) is 0 Å². The highest BCUT2D eigenvalue weighted by Crippen LogP contribution is 2.30. The van der Waals surface area contributed by atoms with Crippen molar-refractivity contribution in [3.05, 3.63) is 87.4 Å². The molecule has 6 nitrogen and oxygen atoms in total. The van der Waals surface area contributed by atoms with Crippen molar-refractivity contribution in [2.75, 3.05) is 0 Å². The fraction of sp³-hybridized carbons (Fsp3) is 0.143. The van der Waals surface area contributed by atoms with Gasteiger partial charge in [0.15, 0.2) is 0 Å². The molecule has 1 atom stereocenters. The van der Waals surface area contributed by atoms with E-state index in [9.17, 15) is 39.9 Å². The Morgan fingerprint density at radius 2 is 1.22 bits per heavy atom. The van der Waals surface area contributed by atoms with Crippen molar-refractivity contribution in [2.24, 2.45) is 5.14 Å². The Kier molecular flexibility index (Phi) is 9.64. The third kappa shape index (κ3) is 9.85. The number of hydrogen-bond acceptors (Lipinski definition) is 5. The van der Waals surface area contributed by atoms with Crippen LogP contribution in [0.5, 0.6) is 11.5 Å². The normalized spacial score (nSPS) is 12.8. The highest BCUT2D eigenvalue weighted by Gasteiger charge is 2.31. The van der Waals surface area contributed by atoms with Crippen LogP contribution in [0.15, 0.2) is 76.1 Å². The second-order valence-electron chi connectivity index (χ2n) is 6.76. The zero-order valence-corrected chi connectivity index (χ0v) is 20.7. The minimum absolute atomic E-state index is 0.109. The van der Waals surface area contributed by atoms with Crippen LogP contribution in [-0.2, 0) is 10.0 Å². The fourth-order valence-corrected chi connectivity index (χ4v) is 3.93. The zero-order chi connectivity index (χ0) is 27.3. The SMILES string of the molecule is FC(F)(F)Oc1ccc(Br)cc1.NS(=O)(=O)c1cc(C(O)c2ccc(OC(F)(F)F)cc2)ccc1Cl. The van der Waals surface area contributed by atoms with Gasteiger partial charge in [-0.2, -0.15) is 0 Å². The average Bonchev–Trinajstić information content (AvgIpc) is 2.73. The van der Waals surface area contributed by atoms with Gasteiger partial charge in [-0.15, -0.1) is 26.3 Å². The Labute approximate surface area is 214 Å². The summed E-state index contributed by atoms with van der Waals surface area (Å²) in [4.78, 5) is -0.363. The lowest BCUT2D eigenvalue weighted by molar-refractivity contribution is -0.275. The number of halogens is 8. The van der Waals surface area contributed by atoms with Crippen LogP contribution in [0.2, 0.25) is 5.02 Å². The van der Waals surface area contributed by atoms with E-state index in [1.54, 1.807) is 0 Å². The van der Waals surface area contributed by atoms with E-state index >= 15 is 0 Å². The highest BCUT2D eigenvalue weighted by molar-refractivity contribution is 9.10. The van der Waals surface area contributed by atoms with Crippen LogP contribution in [0.3, 0.4) is 0 Å². The van der Waals surface area contributed by atoms with Crippen molar-refractivity contribution in [3.8, 4) is 11.5 Å². The van der Waals surface area contributed by atoms with E-state index in [1.165, 1.54) is 48.5 Å². The second kappa shape index (κ2) is 11.7. The first-order valence-corrected chi connectivity index (χ1v) is 12.0. The lowest BCUT2D eigenvalue weighted by Crippen LogP contribution is -2.17. The van der Waals surface area contributed by atoms with Gasteiger partial charge in [-0.25, -0.2) is 13.6 Å². The molecular weight excluding hydrogens is 608 g/mol. The molecule has 0 aliphatic carbocycles. The van der Waals surface area contributed by atoms with Crippen LogP contribution in [-0.4, -0.2) is 26.2 Å². The molecule has 0 heterocycles. The quantitative estimate of drug-likeness (QED) is 0.325. The summed E-state index contributed by atoms with van der Waals surface area (Å²) in [5.74, 6) is -0.662. The topological polar surface area (TPSA) is 98.9 Å². The molecule has 0 saturated heterocycles. The molecule has 36 heavy (non-hydrogen) atoms. The molecule has 3 rings (SSSR count). The van der Waals surface area contributed by atoms with Gasteiger partial charge in [-0.1, -0.05) is 45.7 Å². The van der Waals surface area contributed by atoms with Gasteiger partial charge in [0.25, 0.3) is 0 Å². The van der Waals surface area contributed by atoms with Gasteiger partial charge in [0.05, 0.1) is 5.02 Å². The van der Waals surface area contributed by atoms with Gasteiger partial charge in [-0.05, 0) is 59.7 Å². The molecule has 15 heteroatoms. The molecule has 0 aliphatic heterocycles. The zero-order valence-electron chi connectivity index (χ0n) is 17.5. The van der Waals surface area contributed by atoms with E-state index in [-0.39, 0.29) is 26.8 Å². The molecule has 0 radical (unpaired) electrons. The Morgan fingerprint density at radius 1 is 0.806 bits per heavy atom. The van der Waals surface area contributed by atoms with Crippen molar-refractivity contribution in [1.82, 2.24) is 0 Å². The summed E-state index contributed by atoms with van der Waals surface area (Å²) in [5, 5.41) is 15.2. The van der Waals surface area contributed by atoms with Crippen molar-refractivity contribution < 1.29 is 49.3 Å². The smallest absolute Gasteiger partial charge is 0.406 e. The predicted octanol–water partition coefficient (Wildman–Crippen LogP) is 6.32. The Balaban J connectivity index is 0.000000319. The molecule has 0 aliphatic rings. The summed E-state index contributed by atoms with van der Waals surface area (Å²) < 4.78 is 102. The van der Waals surface area contributed by atoms with E-state index in [1.807, 2.05) is 0 Å². The largest absolute Gasteiger partial charge is 0.573 e. The molecule has 196 valence electrons. The Morgan fingerprint density at radius 3 is 1.64 bits per heavy atom. The molecule has 0 spiro atoms. The molecule has 3 aromatic carbocycles. The lowest BCUT2D eigenvalue weighted by Gasteiger charge is -2.14. The predicted molar refractivity (Wildman–Crippen MR) is 121 cm³/mol. The molecule has 3 aromatic rings. The maximum atomic E-state index is 12.1. The molecule has 0 fully saturated rings. The van der Waals surface area contributed by atoms with Crippen LogP contribution in [0.25, 0.3) is 0 Å². The van der Waals surface area contributed by atoms with E-state index < -0.39 is 34.6 Å². The van der Waals surface area contributed by atoms with Gasteiger partial charge >= 0.3 is 12.7 Å². The monoisotopic (exact) mass is 621 g/mol. The number of hydrogen-bond donors (Lipinski definition) is 2. The lowest BCUT2D eigenvalue weighted by atomic mass is 10.0. The number of sulfonamides is 1. The first-order chi connectivity index (χ1) is 16.4. The molecule has 3 N–H and O–H groups in total. The van der Waals surface area contributed by atoms with Crippen molar-refractivity contribution in [3.63, 3.8) is 0 Å². The van der Waals surface area contributed by atoms with Crippen LogP contribution < -0.4 is 14.6 Å². The average molecular weight is 623 g/mol. The maximum Gasteiger partial charge on any atom is 0.573 e. The first-order valence-electron chi connectivity index (χ1n) is 9.32. The van der Waals surface area contributed by atoms with Gasteiger partial charge in [-0.3, -0.25) is 0 Å². The number of ether oxygens (including phenoxy) is 2.